The number of aliphatic hydroxyl groups is 1. The third kappa shape index (κ3) is 6.53. The zero-order chi connectivity index (χ0) is 15.2. The van der Waals surface area contributed by atoms with Crippen LogP contribution in [-0.2, 0) is 11.2 Å². The molecule has 0 spiro atoms. The summed E-state index contributed by atoms with van der Waals surface area (Å²) >= 11 is 3.48. The lowest BCUT2D eigenvalue weighted by atomic mass is 9.88. The largest absolute Gasteiger partial charge is 0.394 e. The summed E-state index contributed by atoms with van der Waals surface area (Å²) in [6, 6.07) is 7.74. The van der Waals surface area contributed by atoms with Crippen molar-refractivity contribution in [3.8, 4) is 0 Å². The van der Waals surface area contributed by atoms with E-state index in [1.165, 1.54) is 0 Å². The lowest BCUT2D eigenvalue weighted by molar-refractivity contribution is -0.122. The Morgan fingerprint density at radius 2 is 2.00 bits per heavy atom. The number of benzene rings is 1. The molecular weight excluding hydrogens is 318 g/mol. The molecule has 3 nitrogen and oxygen atoms in total. The highest BCUT2D eigenvalue weighted by atomic mass is 79.9. The van der Waals surface area contributed by atoms with Crippen LogP contribution in [0.3, 0.4) is 0 Å². The van der Waals surface area contributed by atoms with E-state index in [2.05, 4.69) is 42.0 Å². The van der Waals surface area contributed by atoms with Crippen molar-refractivity contribution in [3.05, 3.63) is 34.3 Å². The molecule has 0 radical (unpaired) electrons. The summed E-state index contributed by atoms with van der Waals surface area (Å²) in [6.07, 6.45) is 1.90. The van der Waals surface area contributed by atoms with Crippen molar-refractivity contribution >= 4 is 21.8 Å². The number of carbonyl (C=O) groups is 1. The van der Waals surface area contributed by atoms with E-state index in [1.54, 1.807) is 0 Å². The van der Waals surface area contributed by atoms with Gasteiger partial charge in [0, 0.05) is 10.9 Å². The van der Waals surface area contributed by atoms with Crippen molar-refractivity contribution in [1.82, 2.24) is 5.32 Å². The Morgan fingerprint density at radius 3 is 2.55 bits per heavy atom. The first-order valence-electron chi connectivity index (χ1n) is 6.95. The maximum Gasteiger partial charge on any atom is 0.220 e. The zero-order valence-electron chi connectivity index (χ0n) is 12.4. The molecule has 20 heavy (non-hydrogen) atoms. The number of nitrogens with one attached hydrogen (secondary N) is 1. The van der Waals surface area contributed by atoms with Gasteiger partial charge in [-0.15, -0.1) is 0 Å². The summed E-state index contributed by atoms with van der Waals surface area (Å²) in [4.78, 5) is 11.9. The maximum absolute atomic E-state index is 11.9. The van der Waals surface area contributed by atoms with E-state index in [9.17, 15) is 9.90 Å². The minimum absolute atomic E-state index is 0.0101. The first-order chi connectivity index (χ1) is 9.31. The van der Waals surface area contributed by atoms with Gasteiger partial charge in [-0.05, 0) is 29.9 Å². The molecule has 0 bridgehead atoms. The lowest BCUT2D eigenvalue weighted by Crippen LogP contribution is -2.40. The molecule has 4 heteroatoms. The van der Waals surface area contributed by atoms with Crippen LogP contribution < -0.4 is 5.32 Å². The predicted octanol–water partition coefficient (Wildman–Crippen LogP) is 3.30. The summed E-state index contributed by atoms with van der Waals surface area (Å²) in [7, 11) is 0. The number of hydrogen-bond acceptors (Lipinski definition) is 2. The summed E-state index contributed by atoms with van der Waals surface area (Å²) < 4.78 is 1.03. The fraction of sp³-hybridized carbons (Fsp3) is 0.562. The number of carbonyl (C=O) groups excluding carboxylic acids is 1. The Hall–Kier alpha value is -0.870. The van der Waals surface area contributed by atoms with Gasteiger partial charge in [-0.25, -0.2) is 0 Å². The highest BCUT2D eigenvalue weighted by Gasteiger charge is 2.19. The molecule has 0 saturated carbocycles. The third-order valence-electron chi connectivity index (χ3n) is 3.02. The van der Waals surface area contributed by atoms with Crippen LogP contribution in [0.4, 0.5) is 0 Å². The molecule has 112 valence electrons. The minimum Gasteiger partial charge on any atom is -0.394 e. The van der Waals surface area contributed by atoms with E-state index >= 15 is 0 Å². The fourth-order valence-electron chi connectivity index (χ4n) is 2.15. The van der Waals surface area contributed by atoms with Crippen LogP contribution in [0.1, 0.15) is 39.2 Å². The normalized spacial score (nSPS) is 13.1. The zero-order valence-corrected chi connectivity index (χ0v) is 14.0. The second kappa shape index (κ2) is 7.79. The second-order valence-electron chi connectivity index (χ2n) is 6.30. The Bertz CT molecular complexity index is 440. The predicted molar refractivity (Wildman–Crippen MR) is 85.6 cm³/mol. The van der Waals surface area contributed by atoms with Crippen LogP contribution in [-0.4, -0.2) is 23.7 Å². The van der Waals surface area contributed by atoms with Crippen LogP contribution in [0.2, 0.25) is 0 Å². The highest BCUT2D eigenvalue weighted by Crippen LogP contribution is 2.21. The molecule has 1 aromatic rings. The van der Waals surface area contributed by atoms with Gasteiger partial charge < -0.3 is 10.4 Å². The average Bonchev–Trinajstić information content (AvgIpc) is 2.35. The van der Waals surface area contributed by atoms with Crippen molar-refractivity contribution in [1.29, 1.82) is 0 Å². The van der Waals surface area contributed by atoms with Gasteiger partial charge in [-0.3, -0.25) is 4.79 Å². The van der Waals surface area contributed by atoms with Gasteiger partial charge in [0.05, 0.1) is 12.6 Å². The highest BCUT2D eigenvalue weighted by molar-refractivity contribution is 9.10. The summed E-state index contributed by atoms with van der Waals surface area (Å²) in [5, 5.41) is 12.3. The molecule has 1 aromatic carbocycles. The van der Waals surface area contributed by atoms with E-state index < -0.39 is 0 Å². The molecule has 1 rings (SSSR count). The van der Waals surface area contributed by atoms with E-state index in [0.29, 0.717) is 12.8 Å². The van der Waals surface area contributed by atoms with Crippen LogP contribution >= 0.6 is 15.9 Å². The molecule has 0 heterocycles. The number of aryl methyl sites for hydroxylation is 1. The van der Waals surface area contributed by atoms with Crippen molar-refractivity contribution in [2.75, 3.05) is 6.61 Å². The van der Waals surface area contributed by atoms with Gasteiger partial charge in [0.2, 0.25) is 5.91 Å². The Balaban J connectivity index is 2.45. The molecule has 0 aliphatic rings. The Morgan fingerprint density at radius 1 is 1.35 bits per heavy atom. The monoisotopic (exact) mass is 341 g/mol. The fourth-order valence-corrected chi connectivity index (χ4v) is 2.63. The lowest BCUT2D eigenvalue weighted by Gasteiger charge is -2.25. The molecule has 0 saturated heterocycles. The van der Waals surface area contributed by atoms with E-state index in [0.717, 1.165) is 16.5 Å². The molecule has 0 aliphatic carbocycles. The number of hydrogen-bond donors (Lipinski definition) is 2. The van der Waals surface area contributed by atoms with E-state index in [4.69, 9.17) is 0 Å². The first kappa shape index (κ1) is 17.2. The molecule has 1 atom stereocenters. The van der Waals surface area contributed by atoms with Gasteiger partial charge in [0.25, 0.3) is 0 Å². The summed E-state index contributed by atoms with van der Waals surface area (Å²) in [5.41, 5.74) is 1.21. The van der Waals surface area contributed by atoms with Crippen LogP contribution in [0.15, 0.2) is 28.7 Å². The third-order valence-corrected chi connectivity index (χ3v) is 3.80. The van der Waals surface area contributed by atoms with Gasteiger partial charge in [0.1, 0.15) is 0 Å². The maximum atomic E-state index is 11.9. The van der Waals surface area contributed by atoms with Crippen molar-refractivity contribution in [3.63, 3.8) is 0 Å². The van der Waals surface area contributed by atoms with Crippen molar-refractivity contribution in [2.45, 2.75) is 46.1 Å². The molecular formula is C16H24BrNO2. The van der Waals surface area contributed by atoms with Gasteiger partial charge in [-0.2, -0.15) is 0 Å². The quantitative estimate of drug-likeness (QED) is 0.833. The van der Waals surface area contributed by atoms with Crippen LogP contribution in [0.25, 0.3) is 0 Å². The number of rotatable bonds is 6. The van der Waals surface area contributed by atoms with E-state index in [-0.39, 0.29) is 24.0 Å². The molecule has 0 fully saturated rings. The Labute approximate surface area is 129 Å². The molecule has 1 amide bonds. The van der Waals surface area contributed by atoms with Gasteiger partial charge in [0.15, 0.2) is 0 Å². The molecule has 1 unspecified atom stereocenters. The molecule has 0 aromatic heterocycles. The Kier molecular flexibility index (Phi) is 6.69. The summed E-state index contributed by atoms with van der Waals surface area (Å²) in [5.74, 6) is -0.0101. The molecule has 2 N–H and O–H groups in total. The van der Waals surface area contributed by atoms with Gasteiger partial charge >= 0.3 is 0 Å². The van der Waals surface area contributed by atoms with Crippen LogP contribution in [0.5, 0.6) is 0 Å². The second-order valence-corrected chi connectivity index (χ2v) is 7.16. The van der Waals surface area contributed by atoms with Crippen LogP contribution in [0, 0.1) is 5.41 Å². The smallest absolute Gasteiger partial charge is 0.220 e. The SMILES string of the molecule is CC(C)(C)CC(CO)NC(=O)CCc1ccccc1Br. The number of halogens is 1. The minimum atomic E-state index is -0.165. The average molecular weight is 342 g/mol. The van der Waals surface area contributed by atoms with Crippen molar-refractivity contribution < 1.29 is 9.90 Å². The number of amides is 1. The standard InChI is InChI=1S/C16H24BrNO2/c1-16(2,3)10-13(11-19)18-15(20)9-8-12-6-4-5-7-14(12)17/h4-7,13,19H,8-11H2,1-3H3,(H,18,20). The molecule has 0 aliphatic heterocycles. The van der Waals surface area contributed by atoms with Gasteiger partial charge in [-0.1, -0.05) is 54.9 Å². The van der Waals surface area contributed by atoms with Crippen molar-refractivity contribution in [2.24, 2.45) is 5.41 Å². The summed E-state index contributed by atoms with van der Waals surface area (Å²) in [6.45, 7) is 6.28. The topological polar surface area (TPSA) is 49.3 Å². The van der Waals surface area contributed by atoms with E-state index in [1.807, 2.05) is 24.3 Å². The number of aliphatic hydroxyl groups excluding tert-OH is 1. The first-order valence-corrected chi connectivity index (χ1v) is 7.75.